The first kappa shape index (κ1) is 12.6. The van der Waals surface area contributed by atoms with Crippen LogP contribution in [0.3, 0.4) is 0 Å². The van der Waals surface area contributed by atoms with Crippen molar-refractivity contribution in [1.82, 2.24) is 0 Å². The molecule has 0 saturated heterocycles. The molecule has 0 bridgehead atoms. The molecule has 1 aromatic carbocycles. The van der Waals surface area contributed by atoms with Crippen molar-refractivity contribution < 1.29 is 13.2 Å². The molecule has 0 N–H and O–H groups in total. The van der Waals surface area contributed by atoms with Crippen molar-refractivity contribution in [2.75, 3.05) is 0 Å². The molecule has 1 aromatic rings. The summed E-state index contributed by atoms with van der Waals surface area (Å²) in [6.07, 6.45) is 0.570. The first-order valence-corrected chi connectivity index (χ1v) is 4.92. The second-order valence-corrected chi connectivity index (χ2v) is 3.59. The first-order chi connectivity index (χ1) is 7.52. The van der Waals surface area contributed by atoms with Crippen LogP contribution in [-0.4, -0.2) is 11.8 Å². The molecule has 2 rings (SSSR count). The number of hydrogen-bond acceptors (Lipinski definition) is 0. The van der Waals surface area contributed by atoms with Gasteiger partial charge in [-0.1, -0.05) is 36.4 Å². The van der Waals surface area contributed by atoms with Crippen LogP contribution in [-0.2, 0) is 0 Å². The van der Waals surface area contributed by atoms with Gasteiger partial charge < -0.3 is 0 Å². The molecule has 2 atom stereocenters. The lowest BCUT2D eigenvalue weighted by molar-refractivity contribution is 0.142. The van der Waals surface area contributed by atoms with E-state index < -0.39 is 17.7 Å². The standard InChI is InChI=1S/C7H7F3.C6H6/c1-7(10)3-2-5(8)4-6(7)9;1-2-4-6-5-3-1/h2-4,6H,1H3;1-6H. The van der Waals surface area contributed by atoms with Gasteiger partial charge in [0.05, 0.1) is 0 Å². The maximum atomic E-state index is 12.8. The minimum atomic E-state index is -2.05. The Kier molecular flexibility index (Phi) is 4.35. The van der Waals surface area contributed by atoms with Gasteiger partial charge in [-0.3, -0.25) is 0 Å². The smallest absolute Gasteiger partial charge is 0.161 e. The fraction of sp³-hybridized carbons (Fsp3) is 0.231. The first-order valence-electron chi connectivity index (χ1n) is 4.92. The summed E-state index contributed by atoms with van der Waals surface area (Å²) in [7, 11) is 0. The van der Waals surface area contributed by atoms with Crippen molar-refractivity contribution in [3.63, 3.8) is 0 Å². The van der Waals surface area contributed by atoms with Crippen molar-refractivity contribution in [1.29, 1.82) is 0 Å². The average Bonchev–Trinajstić information content (AvgIpc) is 2.28. The van der Waals surface area contributed by atoms with Crippen LogP contribution in [0.15, 0.2) is 60.5 Å². The number of benzene rings is 1. The van der Waals surface area contributed by atoms with Gasteiger partial charge in [-0.05, 0) is 25.2 Å². The Morgan fingerprint density at radius 2 is 1.50 bits per heavy atom. The Balaban J connectivity index is 0.000000181. The Labute approximate surface area is 93.1 Å². The SMILES string of the molecule is CC1(F)C=CC(F)=CC1F.c1ccccc1. The van der Waals surface area contributed by atoms with Crippen molar-refractivity contribution in [3.05, 3.63) is 60.5 Å². The lowest BCUT2D eigenvalue weighted by Crippen LogP contribution is -2.29. The van der Waals surface area contributed by atoms with Crippen molar-refractivity contribution in [2.24, 2.45) is 0 Å². The van der Waals surface area contributed by atoms with Gasteiger partial charge in [-0.15, -0.1) is 0 Å². The minimum absolute atomic E-state index is 0.625. The van der Waals surface area contributed by atoms with Crippen LogP contribution in [0.5, 0.6) is 0 Å². The summed E-state index contributed by atoms with van der Waals surface area (Å²) >= 11 is 0. The van der Waals surface area contributed by atoms with Gasteiger partial charge in [0.25, 0.3) is 0 Å². The maximum Gasteiger partial charge on any atom is 0.161 e. The molecule has 1 aliphatic carbocycles. The van der Waals surface area contributed by atoms with Crippen LogP contribution >= 0.6 is 0 Å². The summed E-state index contributed by atoms with van der Waals surface area (Å²) in [5.41, 5.74) is -2.05. The molecule has 0 nitrogen and oxygen atoms in total. The van der Waals surface area contributed by atoms with E-state index in [-0.39, 0.29) is 0 Å². The number of rotatable bonds is 0. The van der Waals surface area contributed by atoms with Gasteiger partial charge in [0.2, 0.25) is 0 Å². The highest BCUT2D eigenvalue weighted by Crippen LogP contribution is 2.27. The molecule has 16 heavy (non-hydrogen) atoms. The van der Waals surface area contributed by atoms with E-state index in [2.05, 4.69) is 0 Å². The van der Waals surface area contributed by atoms with Crippen LogP contribution in [0.4, 0.5) is 13.2 Å². The molecule has 0 amide bonds. The number of alkyl halides is 2. The van der Waals surface area contributed by atoms with Crippen LogP contribution in [0, 0.1) is 0 Å². The molecule has 1 aliphatic rings. The molecule has 0 radical (unpaired) electrons. The fourth-order valence-corrected chi connectivity index (χ4v) is 1.08. The Morgan fingerprint density at radius 1 is 1.06 bits per heavy atom. The summed E-state index contributed by atoms with van der Waals surface area (Å²) in [6.45, 7) is 1.07. The monoisotopic (exact) mass is 226 g/mol. The topological polar surface area (TPSA) is 0 Å². The third-order valence-electron chi connectivity index (χ3n) is 2.08. The highest BCUT2D eigenvalue weighted by molar-refractivity contribution is 5.26. The predicted molar refractivity (Wildman–Crippen MR) is 59.2 cm³/mol. The van der Waals surface area contributed by atoms with E-state index in [4.69, 9.17) is 0 Å². The zero-order valence-corrected chi connectivity index (χ0v) is 8.91. The Bertz CT molecular complexity index is 339. The van der Waals surface area contributed by atoms with Gasteiger partial charge in [0, 0.05) is 0 Å². The van der Waals surface area contributed by atoms with E-state index in [1.807, 2.05) is 36.4 Å². The molecule has 0 heterocycles. The maximum absolute atomic E-state index is 12.8. The predicted octanol–water partition coefficient (Wildman–Crippen LogP) is 4.16. The molecule has 0 spiro atoms. The van der Waals surface area contributed by atoms with E-state index in [9.17, 15) is 13.2 Å². The molecule has 0 saturated carbocycles. The van der Waals surface area contributed by atoms with Gasteiger partial charge >= 0.3 is 0 Å². The number of hydrogen-bond donors (Lipinski definition) is 0. The van der Waals surface area contributed by atoms with Gasteiger partial charge in [-0.25, -0.2) is 13.2 Å². The Morgan fingerprint density at radius 3 is 1.81 bits per heavy atom. The highest BCUT2D eigenvalue weighted by atomic mass is 19.2. The van der Waals surface area contributed by atoms with Crippen molar-refractivity contribution >= 4 is 0 Å². The molecule has 3 heteroatoms. The summed E-state index contributed by atoms with van der Waals surface area (Å²) in [5.74, 6) is -0.720. The summed E-state index contributed by atoms with van der Waals surface area (Å²) < 4.78 is 37.4. The largest absolute Gasteiger partial charge is 0.239 e. The molecule has 86 valence electrons. The van der Waals surface area contributed by atoms with Crippen LogP contribution in [0.25, 0.3) is 0 Å². The van der Waals surface area contributed by atoms with Gasteiger partial charge in [-0.2, -0.15) is 0 Å². The summed E-state index contributed by atoms with van der Waals surface area (Å²) in [4.78, 5) is 0. The molecule has 0 aliphatic heterocycles. The van der Waals surface area contributed by atoms with Crippen molar-refractivity contribution in [3.8, 4) is 0 Å². The number of halogens is 3. The molecule has 2 unspecified atom stereocenters. The van der Waals surface area contributed by atoms with Gasteiger partial charge in [0.1, 0.15) is 5.83 Å². The lowest BCUT2D eigenvalue weighted by atomic mass is 9.97. The second kappa shape index (κ2) is 5.54. The number of allylic oxidation sites excluding steroid dienone is 4. The normalized spacial score (nSPS) is 27.8. The third kappa shape index (κ3) is 3.93. The van der Waals surface area contributed by atoms with E-state index in [1.54, 1.807) is 0 Å². The van der Waals surface area contributed by atoms with E-state index in [0.717, 1.165) is 19.1 Å². The average molecular weight is 226 g/mol. The summed E-state index contributed by atoms with van der Waals surface area (Å²) in [6, 6.07) is 12.0. The highest BCUT2D eigenvalue weighted by Gasteiger charge is 2.32. The summed E-state index contributed by atoms with van der Waals surface area (Å²) in [5, 5.41) is 0. The zero-order valence-electron chi connectivity index (χ0n) is 8.91. The second-order valence-electron chi connectivity index (χ2n) is 3.59. The van der Waals surface area contributed by atoms with Crippen molar-refractivity contribution in [2.45, 2.75) is 18.8 Å². The molecule has 0 fully saturated rings. The van der Waals surface area contributed by atoms with Gasteiger partial charge in [0.15, 0.2) is 11.8 Å². The van der Waals surface area contributed by atoms with E-state index in [0.29, 0.717) is 6.08 Å². The van der Waals surface area contributed by atoms with Crippen LogP contribution < -0.4 is 0 Å². The minimum Gasteiger partial charge on any atom is -0.239 e. The zero-order chi connectivity index (χ0) is 12.0. The third-order valence-corrected chi connectivity index (χ3v) is 2.08. The van der Waals surface area contributed by atoms with Crippen LogP contribution in [0.2, 0.25) is 0 Å². The van der Waals surface area contributed by atoms with E-state index >= 15 is 0 Å². The quantitative estimate of drug-likeness (QED) is 0.623. The molecule has 0 aromatic heterocycles. The molecular formula is C13H13F3. The van der Waals surface area contributed by atoms with Crippen LogP contribution in [0.1, 0.15) is 6.92 Å². The fourth-order valence-electron chi connectivity index (χ4n) is 1.08. The lowest BCUT2D eigenvalue weighted by Gasteiger charge is -2.20. The molecular weight excluding hydrogens is 213 g/mol. The Hall–Kier alpha value is -1.51. The van der Waals surface area contributed by atoms with E-state index in [1.165, 1.54) is 0 Å².